The molecule has 5 heteroatoms. The molecule has 0 bridgehead atoms. The molecular formula is C13H15BrFNO2. The highest BCUT2D eigenvalue weighted by atomic mass is 79.9. The third kappa shape index (κ3) is 2.21. The summed E-state index contributed by atoms with van der Waals surface area (Å²) in [6.45, 7) is 2.02. The van der Waals surface area contributed by atoms with Crippen molar-refractivity contribution >= 4 is 15.9 Å². The van der Waals surface area contributed by atoms with Gasteiger partial charge in [0.1, 0.15) is 19.0 Å². The van der Waals surface area contributed by atoms with Crippen molar-refractivity contribution in [2.24, 2.45) is 0 Å². The molecule has 1 saturated heterocycles. The van der Waals surface area contributed by atoms with E-state index in [2.05, 4.69) is 21.2 Å². The van der Waals surface area contributed by atoms with Gasteiger partial charge in [-0.15, -0.1) is 0 Å². The van der Waals surface area contributed by atoms with E-state index in [0.717, 1.165) is 19.4 Å². The van der Waals surface area contributed by atoms with Crippen LogP contribution in [0.2, 0.25) is 0 Å². The molecule has 1 aromatic rings. The maximum atomic E-state index is 14.2. The lowest BCUT2D eigenvalue weighted by molar-refractivity contribution is 0.168. The largest absolute Gasteiger partial charge is 0.486 e. The maximum absolute atomic E-state index is 14.2. The lowest BCUT2D eigenvalue weighted by Gasteiger charge is -2.23. The number of ether oxygens (including phenoxy) is 2. The Morgan fingerprint density at radius 1 is 1.39 bits per heavy atom. The van der Waals surface area contributed by atoms with Crippen molar-refractivity contribution in [1.82, 2.24) is 5.32 Å². The monoisotopic (exact) mass is 315 g/mol. The van der Waals surface area contributed by atoms with Gasteiger partial charge in [-0.05, 0) is 41.7 Å². The Hall–Kier alpha value is -0.810. The molecule has 2 heterocycles. The third-order valence-corrected chi connectivity index (χ3v) is 4.01. The maximum Gasteiger partial charge on any atom is 0.167 e. The molecule has 0 saturated carbocycles. The molecule has 2 aliphatic heterocycles. The average Bonchev–Trinajstić information content (AvgIpc) is 2.88. The van der Waals surface area contributed by atoms with E-state index < -0.39 is 0 Å². The minimum absolute atomic E-state index is 0.229. The molecule has 0 aliphatic carbocycles. The second kappa shape index (κ2) is 5.05. The van der Waals surface area contributed by atoms with Crippen LogP contribution in [-0.2, 0) is 6.42 Å². The molecule has 98 valence electrons. The first-order chi connectivity index (χ1) is 8.75. The van der Waals surface area contributed by atoms with Crippen molar-refractivity contribution in [3.8, 4) is 11.5 Å². The number of nitrogens with one attached hydrogen (secondary N) is 1. The van der Waals surface area contributed by atoms with Crippen LogP contribution in [0.3, 0.4) is 0 Å². The summed E-state index contributed by atoms with van der Waals surface area (Å²) in [5.41, 5.74) is 0.624. The summed E-state index contributed by atoms with van der Waals surface area (Å²) < 4.78 is 25.8. The van der Waals surface area contributed by atoms with Crippen molar-refractivity contribution < 1.29 is 13.9 Å². The first-order valence-electron chi connectivity index (χ1n) is 6.25. The molecule has 3 nitrogen and oxygen atoms in total. The molecule has 1 unspecified atom stereocenters. The van der Waals surface area contributed by atoms with E-state index in [0.29, 0.717) is 47.2 Å². The number of halogens is 2. The Morgan fingerprint density at radius 2 is 2.22 bits per heavy atom. The molecule has 3 rings (SSSR count). The summed E-state index contributed by atoms with van der Waals surface area (Å²) in [5, 5.41) is 3.38. The molecule has 1 fully saturated rings. The Morgan fingerprint density at radius 3 is 3.00 bits per heavy atom. The Balaban J connectivity index is 1.97. The predicted octanol–water partition coefficient (Wildman–Crippen LogP) is 2.65. The van der Waals surface area contributed by atoms with Gasteiger partial charge in [0.15, 0.2) is 11.5 Å². The van der Waals surface area contributed by atoms with Crippen LogP contribution in [0.5, 0.6) is 11.5 Å². The number of rotatable bonds is 2. The quantitative estimate of drug-likeness (QED) is 0.910. The van der Waals surface area contributed by atoms with E-state index in [9.17, 15) is 4.39 Å². The van der Waals surface area contributed by atoms with Crippen LogP contribution in [0.15, 0.2) is 10.5 Å². The molecule has 0 spiro atoms. The molecule has 0 amide bonds. The molecule has 2 aliphatic rings. The van der Waals surface area contributed by atoms with Crippen LogP contribution in [0.25, 0.3) is 0 Å². The Kier molecular flexibility index (Phi) is 3.43. The zero-order valence-electron chi connectivity index (χ0n) is 9.97. The van der Waals surface area contributed by atoms with Crippen LogP contribution in [0.1, 0.15) is 18.4 Å². The highest BCUT2D eigenvalue weighted by molar-refractivity contribution is 9.10. The summed E-state index contributed by atoms with van der Waals surface area (Å²) in [6.07, 6.45) is 2.89. The van der Waals surface area contributed by atoms with Crippen molar-refractivity contribution in [2.45, 2.75) is 25.3 Å². The lowest BCUT2D eigenvalue weighted by Crippen LogP contribution is -2.25. The van der Waals surface area contributed by atoms with E-state index in [4.69, 9.17) is 9.47 Å². The van der Waals surface area contributed by atoms with Crippen molar-refractivity contribution in [2.75, 3.05) is 19.8 Å². The van der Waals surface area contributed by atoms with E-state index in [-0.39, 0.29) is 5.82 Å². The standard InChI is InChI=1S/C13H15BrFNO2/c14-10-7-11-13(18-5-4-17-11)9(12(10)15)6-8-2-1-3-16-8/h7-8,16H,1-6H2. The molecule has 0 radical (unpaired) electrons. The molecule has 0 aromatic heterocycles. The Bertz CT molecular complexity index is 461. The summed E-state index contributed by atoms with van der Waals surface area (Å²) in [7, 11) is 0. The smallest absolute Gasteiger partial charge is 0.167 e. The molecule has 18 heavy (non-hydrogen) atoms. The highest BCUT2D eigenvalue weighted by Crippen LogP contribution is 2.40. The SMILES string of the molecule is Fc1c(Br)cc2c(c1CC1CCCN1)OCCO2. The van der Waals surface area contributed by atoms with Crippen LogP contribution in [0.4, 0.5) is 4.39 Å². The van der Waals surface area contributed by atoms with Gasteiger partial charge in [-0.3, -0.25) is 0 Å². The fraction of sp³-hybridized carbons (Fsp3) is 0.538. The minimum Gasteiger partial charge on any atom is -0.486 e. The number of hydrogen-bond acceptors (Lipinski definition) is 3. The van der Waals surface area contributed by atoms with Gasteiger partial charge in [0, 0.05) is 17.7 Å². The molecule has 1 atom stereocenters. The topological polar surface area (TPSA) is 30.5 Å². The number of fused-ring (bicyclic) bond motifs is 1. The summed E-state index contributed by atoms with van der Waals surface area (Å²) in [5.74, 6) is 0.992. The summed E-state index contributed by atoms with van der Waals surface area (Å²) >= 11 is 3.24. The van der Waals surface area contributed by atoms with Gasteiger partial charge >= 0.3 is 0 Å². The average molecular weight is 316 g/mol. The van der Waals surface area contributed by atoms with Gasteiger partial charge in [0.05, 0.1) is 4.47 Å². The molecule has 1 aromatic carbocycles. The third-order valence-electron chi connectivity index (χ3n) is 3.43. The summed E-state index contributed by atoms with van der Waals surface area (Å²) in [4.78, 5) is 0. The highest BCUT2D eigenvalue weighted by Gasteiger charge is 2.25. The minimum atomic E-state index is -0.229. The molecule has 1 N–H and O–H groups in total. The van der Waals surface area contributed by atoms with Crippen LogP contribution < -0.4 is 14.8 Å². The van der Waals surface area contributed by atoms with Gasteiger partial charge in [0.25, 0.3) is 0 Å². The van der Waals surface area contributed by atoms with Gasteiger partial charge in [0.2, 0.25) is 0 Å². The van der Waals surface area contributed by atoms with Gasteiger partial charge in [-0.2, -0.15) is 0 Å². The van der Waals surface area contributed by atoms with Gasteiger partial charge < -0.3 is 14.8 Å². The van der Waals surface area contributed by atoms with Crippen LogP contribution in [-0.4, -0.2) is 25.8 Å². The van der Waals surface area contributed by atoms with E-state index in [1.54, 1.807) is 6.07 Å². The number of hydrogen-bond donors (Lipinski definition) is 1. The van der Waals surface area contributed by atoms with E-state index in [1.807, 2.05) is 0 Å². The summed E-state index contributed by atoms with van der Waals surface area (Å²) in [6, 6.07) is 1.98. The predicted molar refractivity (Wildman–Crippen MR) is 69.8 cm³/mol. The second-order valence-corrected chi connectivity index (χ2v) is 5.53. The van der Waals surface area contributed by atoms with E-state index >= 15 is 0 Å². The normalized spacial score (nSPS) is 22.2. The zero-order valence-corrected chi connectivity index (χ0v) is 11.6. The van der Waals surface area contributed by atoms with Crippen LogP contribution >= 0.6 is 15.9 Å². The van der Waals surface area contributed by atoms with Crippen LogP contribution in [0, 0.1) is 5.82 Å². The van der Waals surface area contributed by atoms with Crippen molar-refractivity contribution in [3.63, 3.8) is 0 Å². The van der Waals surface area contributed by atoms with Gasteiger partial charge in [-0.25, -0.2) is 4.39 Å². The van der Waals surface area contributed by atoms with Crippen molar-refractivity contribution in [1.29, 1.82) is 0 Å². The lowest BCUT2D eigenvalue weighted by atomic mass is 10.0. The zero-order chi connectivity index (χ0) is 12.5. The Labute approximate surface area is 114 Å². The fourth-order valence-corrected chi connectivity index (χ4v) is 3.00. The van der Waals surface area contributed by atoms with Gasteiger partial charge in [-0.1, -0.05) is 0 Å². The first kappa shape index (κ1) is 12.2. The second-order valence-electron chi connectivity index (χ2n) is 4.67. The molecular weight excluding hydrogens is 301 g/mol. The fourth-order valence-electron chi connectivity index (χ4n) is 2.56. The number of benzene rings is 1. The van der Waals surface area contributed by atoms with Crippen molar-refractivity contribution in [3.05, 3.63) is 21.9 Å². The van der Waals surface area contributed by atoms with E-state index in [1.165, 1.54) is 0 Å². The first-order valence-corrected chi connectivity index (χ1v) is 7.05.